The van der Waals surface area contributed by atoms with Gasteiger partial charge in [0.1, 0.15) is 0 Å². The number of thiophene rings is 2. The maximum absolute atomic E-state index is 5.06. The van der Waals surface area contributed by atoms with Crippen molar-refractivity contribution in [3.63, 3.8) is 0 Å². The topological polar surface area (TPSA) is 43.6 Å². The number of fused-ring (bicyclic) bond motifs is 9. The van der Waals surface area contributed by atoms with Crippen molar-refractivity contribution in [2.24, 2.45) is 0 Å². The second-order valence-electron chi connectivity index (χ2n) is 12.8. The van der Waals surface area contributed by atoms with Crippen molar-refractivity contribution in [3.8, 4) is 39.9 Å². The molecule has 4 nitrogen and oxygen atoms in total. The summed E-state index contributed by atoms with van der Waals surface area (Å²) >= 11 is 3.69. The zero-order chi connectivity index (χ0) is 33.5. The van der Waals surface area contributed by atoms with Gasteiger partial charge >= 0.3 is 0 Å². The third-order valence-corrected chi connectivity index (χ3v) is 12.2. The second-order valence-corrected chi connectivity index (χ2v) is 15.0. The van der Waals surface area contributed by atoms with Gasteiger partial charge in [0.2, 0.25) is 0 Å². The summed E-state index contributed by atoms with van der Waals surface area (Å²) in [5.41, 5.74) is 6.60. The minimum Gasteiger partial charge on any atom is -0.309 e. The highest BCUT2D eigenvalue weighted by Crippen LogP contribution is 2.45. The number of hydrogen-bond donors (Lipinski definition) is 0. The van der Waals surface area contributed by atoms with Gasteiger partial charge in [0.15, 0.2) is 17.5 Å². The van der Waals surface area contributed by atoms with Gasteiger partial charge in [-0.05, 0) is 42.5 Å². The lowest BCUT2D eigenvalue weighted by atomic mass is 10.1. The molecule has 11 aromatic rings. The third-order valence-electron chi connectivity index (χ3n) is 9.85. The van der Waals surface area contributed by atoms with E-state index in [1.165, 1.54) is 67.8 Å². The first kappa shape index (κ1) is 28.6. The van der Waals surface area contributed by atoms with Crippen LogP contribution in [0.25, 0.3) is 102 Å². The molecule has 51 heavy (non-hydrogen) atoms. The molecule has 4 aromatic heterocycles. The smallest absolute Gasteiger partial charge is 0.165 e. The lowest BCUT2D eigenvalue weighted by molar-refractivity contribution is 1.08. The van der Waals surface area contributed by atoms with Crippen LogP contribution in [0.2, 0.25) is 0 Å². The van der Waals surface area contributed by atoms with E-state index in [4.69, 9.17) is 15.0 Å². The average molecular weight is 687 g/mol. The predicted octanol–water partition coefficient (Wildman–Crippen LogP) is 12.7. The van der Waals surface area contributed by atoms with E-state index < -0.39 is 0 Å². The van der Waals surface area contributed by atoms with Crippen LogP contribution in [-0.4, -0.2) is 19.5 Å². The molecular formula is C45H26N4S2. The van der Waals surface area contributed by atoms with E-state index in [0.717, 1.165) is 16.7 Å². The Morgan fingerprint density at radius 1 is 0.373 bits per heavy atom. The summed E-state index contributed by atoms with van der Waals surface area (Å²) in [6.07, 6.45) is 0. The Morgan fingerprint density at radius 3 is 1.57 bits per heavy atom. The molecule has 0 saturated heterocycles. The Kier molecular flexibility index (Phi) is 6.26. The van der Waals surface area contributed by atoms with Crippen molar-refractivity contribution in [1.29, 1.82) is 0 Å². The zero-order valence-electron chi connectivity index (χ0n) is 27.1. The van der Waals surface area contributed by atoms with Gasteiger partial charge in [-0.3, -0.25) is 0 Å². The number of para-hydroxylation sites is 2. The van der Waals surface area contributed by atoms with Crippen LogP contribution in [0.1, 0.15) is 0 Å². The van der Waals surface area contributed by atoms with Crippen LogP contribution in [0.3, 0.4) is 0 Å². The van der Waals surface area contributed by atoms with E-state index in [1.54, 1.807) is 0 Å². The van der Waals surface area contributed by atoms with Gasteiger partial charge < -0.3 is 4.57 Å². The standard InChI is InChI=1S/C45H26N4S2/c1-3-12-27(13-4-1)43-46-44(28-14-5-2-6-15-28)48-45(47-43)34-19-11-18-33-36-26-40-35(25-41(36)51-42(33)34)32-23-22-29(24-39(32)50-40)49-37-20-9-7-16-30(37)31-17-8-10-21-38(31)49/h1-26H. The van der Waals surface area contributed by atoms with Crippen LogP contribution in [0.5, 0.6) is 0 Å². The first-order valence-corrected chi connectivity index (χ1v) is 18.6. The highest BCUT2D eigenvalue weighted by molar-refractivity contribution is 7.27. The molecule has 0 fully saturated rings. The summed E-state index contributed by atoms with van der Waals surface area (Å²) in [5, 5.41) is 7.63. The molecule has 238 valence electrons. The van der Waals surface area contributed by atoms with Crippen LogP contribution in [0.4, 0.5) is 0 Å². The Bertz CT molecular complexity index is 3030. The first-order valence-electron chi connectivity index (χ1n) is 16.9. The van der Waals surface area contributed by atoms with Gasteiger partial charge in [-0.25, -0.2) is 15.0 Å². The molecule has 0 unspecified atom stereocenters. The molecule has 0 aliphatic heterocycles. The van der Waals surface area contributed by atoms with Crippen LogP contribution >= 0.6 is 22.7 Å². The Labute approximate surface area is 300 Å². The number of hydrogen-bond acceptors (Lipinski definition) is 5. The third kappa shape index (κ3) is 4.47. The molecule has 11 rings (SSSR count). The molecule has 7 aromatic carbocycles. The Balaban J connectivity index is 1.08. The van der Waals surface area contributed by atoms with Crippen molar-refractivity contribution in [1.82, 2.24) is 19.5 Å². The van der Waals surface area contributed by atoms with E-state index in [2.05, 4.69) is 126 Å². The normalized spacial score (nSPS) is 11.9. The average Bonchev–Trinajstić information content (AvgIpc) is 3.86. The molecule has 0 bridgehead atoms. The monoisotopic (exact) mass is 686 g/mol. The maximum atomic E-state index is 5.06. The molecule has 0 spiro atoms. The highest BCUT2D eigenvalue weighted by Gasteiger charge is 2.19. The van der Waals surface area contributed by atoms with Crippen LogP contribution in [0, 0.1) is 0 Å². The van der Waals surface area contributed by atoms with E-state index in [0.29, 0.717) is 17.5 Å². The van der Waals surface area contributed by atoms with Gasteiger partial charge in [0.25, 0.3) is 0 Å². The quantitative estimate of drug-likeness (QED) is 0.185. The van der Waals surface area contributed by atoms with Crippen LogP contribution in [0.15, 0.2) is 158 Å². The first-order chi connectivity index (χ1) is 25.3. The van der Waals surface area contributed by atoms with Crippen molar-refractivity contribution in [2.75, 3.05) is 0 Å². The van der Waals surface area contributed by atoms with Crippen LogP contribution in [-0.2, 0) is 0 Å². The summed E-state index contributed by atoms with van der Waals surface area (Å²) in [6.45, 7) is 0. The molecule has 0 aliphatic rings. The summed E-state index contributed by atoms with van der Waals surface area (Å²) in [5.74, 6) is 2.03. The lowest BCUT2D eigenvalue weighted by Crippen LogP contribution is -2.00. The van der Waals surface area contributed by atoms with Crippen molar-refractivity contribution < 1.29 is 0 Å². The molecule has 0 atom stereocenters. The van der Waals surface area contributed by atoms with Gasteiger partial charge in [0.05, 0.1) is 11.0 Å². The fourth-order valence-corrected chi connectivity index (χ4v) is 9.89. The molecule has 6 heteroatoms. The summed E-state index contributed by atoms with van der Waals surface area (Å²) < 4.78 is 7.43. The van der Waals surface area contributed by atoms with Crippen LogP contribution < -0.4 is 0 Å². The van der Waals surface area contributed by atoms with E-state index in [1.807, 2.05) is 59.1 Å². The van der Waals surface area contributed by atoms with Gasteiger partial charge in [-0.15, -0.1) is 22.7 Å². The number of nitrogens with zero attached hydrogens (tertiary/aromatic N) is 4. The molecule has 0 N–H and O–H groups in total. The number of benzene rings is 7. The van der Waals surface area contributed by atoms with Crippen molar-refractivity contribution in [2.45, 2.75) is 0 Å². The molecule has 4 heterocycles. The van der Waals surface area contributed by atoms with Crippen molar-refractivity contribution in [3.05, 3.63) is 158 Å². The van der Waals surface area contributed by atoms with Gasteiger partial charge in [-0.1, -0.05) is 115 Å². The fourth-order valence-electron chi connectivity index (χ4n) is 7.50. The van der Waals surface area contributed by atoms with E-state index in [9.17, 15) is 0 Å². The SMILES string of the molecule is c1ccc(-c2nc(-c3ccccc3)nc(-c3cccc4c3sc3cc5c(cc34)sc3cc(-n4c6ccccc6c6ccccc64)ccc35)n2)cc1. The summed E-state index contributed by atoms with van der Waals surface area (Å²) in [7, 11) is 0. The molecule has 0 aliphatic carbocycles. The van der Waals surface area contributed by atoms with Crippen molar-refractivity contribution >= 4 is 84.8 Å². The molecular weight excluding hydrogens is 661 g/mol. The zero-order valence-corrected chi connectivity index (χ0v) is 28.7. The van der Waals surface area contributed by atoms with E-state index in [-0.39, 0.29) is 0 Å². The Hall–Kier alpha value is -6.21. The fraction of sp³-hybridized carbons (Fsp3) is 0. The lowest BCUT2D eigenvalue weighted by Gasteiger charge is -2.09. The molecule has 0 saturated carbocycles. The Morgan fingerprint density at radius 2 is 0.902 bits per heavy atom. The largest absolute Gasteiger partial charge is 0.309 e. The highest BCUT2D eigenvalue weighted by atomic mass is 32.1. The second kappa shape index (κ2) is 11.2. The molecule has 0 amide bonds. The number of rotatable bonds is 4. The summed E-state index contributed by atoms with van der Waals surface area (Å²) in [6, 6.07) is 55.9. The van der Waals surface area contributed by atoms with Gasteiger partial charge in [0, 0.05) is 73.5 Å². The van der Waals surface area contributed by atoms with Gasteiger partial charge in [-0.2, -0.15) is 0 Å². The predicted molar refractivity (Wildman–Crippen MR) is 216 cm³/mol. The minimum absolute atomic E-state index is 0.671. The minimum atomic E-state index is 0.671. The van der Waals surface area contributed by atoms with E-state index >= 15 is 0 Å². The summed E-state index contributed by atoms with van der Waals surface area (Å²) in [4.78, 5) is 15.0. The number of aromatic nitrogens is 4. The molecule has 0 radical (unpaired) electrons. The maximum Gasteiger partial charge on any atom is 0.165 e.